The molecule has 30 heavy (non-hydrogen) atoms. The van der Waals surface area contributed by atoms with Crippen molar-refractivity contribution in [3.05, 3.63) is 29.8 Å². The molecule has 1 atom stereocenters. The molecule has 3 fully saturated rings. The van der Waals surface area contributed by atoms with E-state index in [4.69, 9.17) is 14.0 Å². The summed E-state index contributed by atoms with van der Waals surface area (Å²) in [5, 5.41) is 0. The summed E-state index contributed by atoms with van der Waals surface area (Å²) in [5.74, 6) is 0.589. The maximum Gasteiger partial charge on any atom is 0.494 e. The monoisotopic (exact) mass is 413 g/mol. The van der Waals surface area contributed by atoms with E-state index in [1.54, 1.807) is 0 Å². The minimum Gasteiger partial charge on any atom is -0.444 e. The van der Waals surface area contributed by atoms with Gasteiger partial charge in [-0.2, -0.15) is 0 Å². The van der Waals surface area contributed by atoms with Crippen molar-refractivity contribution in [2.45, 2.75) is 90.4 Å². The van der Waals surface area contributed by atoms with Crippen LogP contribution in [0.25, 0.3) is 0 Å². The van der Waals surface area contributed by atoms with Crippen molar-refractivity contribution in [2.24, 2.45) is 5.41 Å². The van der Waals surface area contributed by atoms with Gasteiger partial charge in [0.1, 0.15) is 5.60 Å². The molecule has 6 heteroatoms. The van der Waals surface area contributed by atoms with Crippen LogP contribution in [0.1, 0.15) is 79.2 Å². The van der Waals surface area contributed by atoms with E-state index >= 15 is 0 Å². The highest BCUT2D eigenvalue weighted by Crippen LogP contribution is 2.64. The van der Waals surface area contributed by atoms with Gasteiger partial charge >= 0.3 is 13.2 Å². The van der Waals surface area contributed by atoms with E-state index in [-0.39, 0.29) is 24.4 Å². The Morgan fingerprint density at radius 3 is 2.07 bits per heavy atom. The lowest BCUT2D eigenvalue weighted by Gasteiger charge is -2.34. The van der Waals surface area contributed by atoms with Crippen LogP contribution in [0.2, 0.25) is 0 Å². The van der Waals surface area contributed by atoms with Gasteiger partial charge in [0.25, 0.3) is 0 Å². The second-order valence-corrected chi connectivity index (χ2v) is 11.3. The van der Waals surface area contributed by atoms with Gasteiger partial charge in [-0.1, -0.05) is 24.3 Å². The highest BCUT2D eigenvalue weighted by atomic mass is 16.7. The van der Waals surface area contributed by atoms with Gasteiger partial charge in [0.2, 0.25) is 0 Å². The molecule has 1 spiro atoms. The SMILES string of the molecule is CC(C)(C)OC(=O)N1CCC2(CC1)C[C@@H]2c1ccc(B2OC(C)(C)C(C)(C)O2)cc1. The molecule has 2 aliphatic heterocycles. The maximum absolute atomic E-state index is 12.3. The second-order valence-electron chi connectivity index (χ2n) is 11.3. The highest BCUT2D eigenvalue weighted by molar-refractivity contribution is 6.62. The summed E-state index contributed by atoms with van der Waals surface area (Å²) < 4.78 is 17.9. The van der Waals surface area contributed by atoms with E-state index in [0.29, 0.717) is 11.3 Å². The van der Waals surface area contributed by atoms with E-state index in [9.17, 15) is 4.79 Å². The van der Waals surface area contributed by atoms with E-state index in [2.05, 4.69) is 52.0 Å². The van der Waals surface area contributed by atoms with Gasteiger partial charge in [-0.05, 0) is 90.1 Å². The quantitative estimate of drug-likeness (QED) is 0.671. The van der Waals surface area contributed by atoms with Crippen LogP contribution >= 0.6 is 0 Å². The van der Waals surface area contributed by atoms with Gasteiger partial charge < -0.3 is 18.9 Å². The van der Waals surface area contributed by atoms with E-state index in [0.717, 1.165) is 31.4 Å². The zero-order chi connectivity index (χ0) is 21.9. The summed E-state index contributed by atoms with van der Waals surface area (Å²) in [4.78, 5) is 14.2. The second kappa shape index (κ2) is 6.99. The summed E-state index contributed by atoms with van der Waals surface area (Å²) in [6, 6.07) is 8.78. The fourth-order valence-electron chi connectivity index (χ4n) is 4.70. The first-order chi connectivity index (χ1) is 13.8. The van der Waals surface area contributed by atoms with Crippen LogP contribution in [0.5, 0.6) is 0 Å². The average molecular weight is 413 g/mol. The van der Waals surface area contributed by atoms with E-state index < -0.39 is 5.60 Å². The zero-order valence-electron chi connectivity index (χ0n) is 19.6. The number of hydrogen-bond donors (Lipinski definition) is 0. The third kappa shape index (κ3) is 4.01. The number of carbonyl (C=O) groups is 1. The Bertz CT molecular complexity index is 787. The summed E-state index contributed by atoms with van der Waals surface area (Å²) in [7, 11) is -0.311. The summed E-state index contributed by atoms with van der Waals surface area (Å²) >= 11 is 0. The lowest BCUT2D eigenvalue weighted by molar-refractivity contribution is 0.00578. The molecule has 2 heterocycles. The molecule has 0 radical (unpaired) electrons. The molecule has 1 aromatic carbocycles. The Balaban J connectivity index is 1.35. The van der Waals surface area contributed by atoms with Crippen molar-refractivity contribution in [2.75, 3.05) is 13.1 Å². The third-order valence-corrected chi connectivity index (χ3v) is 7.46. The van der Waals surface area contributed by atoms with Crippen LogP contribution in [0.15, 0.2) is 24.3 Å². The molecule has 1 amide bonds. The fourth-order valence-corrected chi connectivity index (χ4v) is 4.70. The van der Waals surface area contributed by atoms with Crippen molar-refractivity contribution >= 4 is 18.7 Å². The number of likely N-dealkylation sites (tertiary alicyclic amines) is 1. The molecule has 0 bridgehead atoms. The minimum atomic E-state index is -0.437. The van der Waals surface area contributed by atoms with Crippen molar-refractivity contribution in [3.8, 4) is 0 Å². The first-order valence-electron chi connectivity index (χ1n) is 11.3. The van der Waals surface area contributed by atoms with Gasteiger partial charge in [-0.15, -0.1) is 0 Å². The molecule has 0 N–H and O–H groups in total. The summed E-state index contributed by atoms with van der Waals surface area (Å²) in [6.07, 6.45) is 3.14. The van der Waals surface area contributed by atoms with Gasteiger partial charge in [0.05, 0.1) is 11.2 Å². The van der Waals surface area contributed by atoms with Crippen molar-refractivity contribution in [1.82, 2.24) is 4.90 Å². The summed E-state index contributed by atoms with van der Waals surface area (Å²) in [5.41, 5.74) is 1.74. The van der Waals surface area contributed by atoms with Gasteiger partial charge in [0.15, 0.2) is 0 Å². The molecule has 3 aliphatic rings. The van der Waals surface area contributed by atoms with Crippen molar-refractivity contribution < 1.29 is 18.8 Å². The lowest BCUT2D eigenvalue weighted by atomic mass is 9.78. The number of benzene rings is 1. The number of hydrogen-bond acceptors (Lipinski definition) is 4. The van der Waals surface area contributed by atoms with Crippen molar-refractivity contribution in [1.29, 1.82) is 0 Å². The molecule has 164 valence electrons. The van der Waals surface area contributed by atoms with Crippen LogP contribution < -0.4 is 5.46 Å². The molecule has 0 aromatic heterocycles. The molecule has 1 aliphatic carbocycles. The first-order valence-corrected chi connectivity index (χ1v) is 11.3. The average Bonchev–Trinajstić information content (AvgIpc) is 3.27. The topological polar surface area (TPSA) is 48.0 Å². The normalized spacial score (nSPS) is 26.7. The molecular weight excluding hydrogens is 377 g/mol. The van der Waals surface area contributed by atoms with Crippen LogP contribution in [0, 0.1) is 5.41 Å². The molecule has 0 unspecified atom stereocenters. The number of nitrogens with zero attached hydrogens (tertiary/aromatic N) is 1. The number of rotatable bonds is 2. The molecule has 1 saturated carbocycles. The third-order valence-electron chi connectivity index (χ3n) is 7.46. The van der Waals surface area contributed by atoms with E-state index in [1.165, 1.54) is 12.0 Å². The van der Waals surface area contributed by atoms with Crippen LogP contribution in [0.3, 0.4) is 0 Å². The Kier molecular flexibility index (Phi) is 5.06. The predicted molar refractivity (Wildman–Crippen MR) is 119 cm³/mol. The van der Waals surface area contributed by atoms with Crippen LogP contribution in [-0.2, 0) is 14.0 Å². The standard InChI is InChI=1S/C24H36BNO4/c1-21(2,3)28-20(27)26-14-12-24(13-15-26)16-19(24)17-8-10-18(11-9-17)25-29-22(4,5)23(6,7)30-25/h8-11,19H,12-16H2,1-7H3/t19-/m1/s1. The smallest absolute Gasteiger partial charge is 0.444 e. The van der Waals surface area contributed by atoms with Gasteiger partial charge in [-0.25, -0.2) is 4.79 Å². The minimum absolute atomic E-state index is 0.179. The van der Waals surface area contributed by atoms with Crippen molar-refractivity contribution in [3.63, 3.8) is 0 Å². The first kappa shape index (κ1) is 21.7. The van der Waals surface area contributed by atoms with Crippen LogP contribution in [0.4, 0.5) is 4.79 Å². The summed E-state index contributed by atoms with van der Waals surface area (Å²) in [6.45, 7) is 15.7. The Morgan fingerprint density at radius 2 is 1.57 bits per heavy atom. The highest BCUT2D eigenvalue weighted by Gasteiger charge is 2.56. The van der Waals surface area contributed by atoms with Crippen LogP contribution in [-0.4, -0.2) is 48.0 Å². The molecule has 1 aromatic rings. The lowest BCUT2D eigenvalue weighted by Crippen LogP contribution is -2.42. The fraction of sp³-hybridized carbons (Fsp3) is 0.708. The zero-order valence-corrected chi connectivity index (χ0v) is 19.6. The Morgan fingerprint density at radius 1 is 1.03 bits per heavy atom. The number of carbonyl (C=O) groups excluding carboxylic acids is 1. The Labute approximate surface area is 181 Å². The Hall–Kier alpha value is -1.53. The molecule has 4 rings (SSSR count). The largest absolute Gasteiger partial charge is 0.494 e. The van der Waals surface area contributed by atoms with E-state index in [1.807, 2.05) is 25.7 Å². The van der Waals surface area contributed by atoms with Gasteiger partial charge in [0, 0.05) is 13.1 Å². The number of amides is 1. The predicted octanol–water partition coefficient (Wildman–Crippen LogP) is 4.49. The molecule has 2 saturated heterocycles. The molecule has 5 nitrogen and oxygen atoms in total. The number of ether oxygens (including phenoxy) is 1. The molecular formula is C24H36BNO4. The van der Waals surface area contributed by atoms with Gasteiger partial charge in [-0.3, -0.25) is 0 Å². The number of piperidine rings is 1. The maximum atomic E-state index is 12.3.